The van der Waals surface area contributed by atoms with Crippen LogP contribution in [-0.2, 0) is 6.42 Å². The van der Waals surface area contributed by atoms with Gasteiger partial charge in [-0.2, -0.15) is 0 Å². The molecular formula is C16H30N4O. The van der Waals surface area contributed by atoms with Crippen LogP contribution in [0.15, 0.2) is 6.33 Å². The largest absolute Gasteiger partial charge is 0.391 e. The van der Waals surface area contributed by atoms with Crippen LogP contribution in [0.1, 0.15) is 52.5 Å². The van der Waals surface area contributed by atoms with Crippen molar-refractivity contribution >= 4 is 11.6 Å². The lowest BCUT2D eigenvalue weighted by Gasteiger charge is -2.22. The quantitative estimate of drug-likeness (QED) is 0.618. The predicted octanol–water partition coefficient (Wildman–Crippen LogP) is 3.07. The van der Waals surface area contributed by atoms with E-state index in [2.05, 4.69) is 48.3 Å². The first-order valence-electron chi connectivity index (χ1n) is 8.17. The summed E-state index contributed by atoms with van der Waals surface area (Å²) >= 11 is 0. The highest BCUT2D eigenvalue weighted by atomic mass is 16.3. The maximum absolute atomic E-state index is 10.2. The van der Waals surface area contributed by atoms with Crippen LogP contribution in [-0.4, -0.2) is 34.3 Å². The molecule has 0 saturated carbocycles. The number of hydrogen-bond donors (Lipinski definition) is 3. The smallest absolute Gasteiger partial charge is 0.134 e. The van der Waals surface area contributed by atoms with Gasteiger partial charge in [0.1, 0.15) is 18.0 Å². The van der Waals surface area contributed by atoms with Crippen molar-refractivity contribution in [2.75, 3.05) is 23.7 Å². The molecule has 21 heavy (non-hydrogen) atoms. The van der Waals surface area contributed by atoms with Gasteiger partial charge in [0.05, 0.1) is 6.10 Å². The SMILES string of the molecule is CCCc1c(NCC)ncnc1NCC(O)C(CC)CC. The van der Waals surface area contributed by atoms with Crippen LogP contribution in [0.3, 0.4) is 0 Å². The number of aliphatic hydroxyl groups excluding tert-OH is 1. The molecule has 0 spiro atoms. The Morgan fingerprint density at radius 3 is 2.19 bits per heavy atom. The van der Waals surface area contributed by atoms with E-state index in [0.717, 1.165) is 49.4 Å². The van der Waals surface area contributed by atoms with E-state index in [0.29, 0.717) is 12.5 Å². The fraction of sp³-hybridized carbons (Fsp3) is 0.750. The Kier molecular flexibility index (Phi) is 8.05. The van der Waals surface area contributed by atoms with Crippen LogP contribution in [0.25, 0.3) is 0 Å². The van der Waals surface area contributed by atoms with E-state index in [4.69, 9.17) is 0 Å². The van der Waals surface area contributed by atoms with Crippen LogP contribution >= 0.6 is 0 Å². The molecule has 0 saturated heterocycles. The molecule has 0 fully saturated rings. The van der Waals surface area contributed by atoms with Crippen LogP contribution in [0.2, 0.25) is 0 Å². The molecule has 0 aliphatic rings. The Morgan fingerprint density at radius 2 is 1.67 bits per heavy atom. The zero-order valence-electron chi connectivity index (χ0n) is 13.8. The summed E-state index contributed by atoms with van der Waals surface area (Å²) in [6.07, 6.45) is 5.18. The third kappa shape index (κ3) is 5.16. The number of hydrogen-bond acceptors (Lipinski definition) is 5. The Balaban J connectivity index is 2.79. The van der Waals surface area contributed by atoms with E-state index in [1.54, 1.807) is 6.33 Å². The summed E-state index contributed by atoms with van der Waals surface area (Å²) in [5.74, 6) is 2.07. The molecule has 1 aromatic heterocycles. The molecule has 0 aliphatic heterocycles. The number of aromatic nitrogens is 2. The summed E-state index contributed by atoms with van der Waals surface area (Å²) in [6, 6.07) is 0. The standard InChI is InChI=1S/C16H30N4O/c1-5-9-13-15(17-8-4)19-11-20-16(13)18-10-14(21)12(6-2)7-3/h11-12,14,21H,5-10H2,1-4H3,(H2,17,18,19,20). The third-order valence-electron chi connectivity index (χ3n) is 3.86. The average Bonchev–Trinajstić information content (AvgIpc) is 2.49. The van der Waals surface area contributed by atoms with Gasteiger partial charge in [-0.15, -0.1) is 0 Å². The number of nitrogens with zero attached hydrogens (tertiary/aromatic N) is 2. The lowest BCUT2D eigenvalue weighted by Crippen LogP contribution is -2.28. The van der Waals surface area contributed by atoms with E-state index < -0.39 is 0 Å². The summed E-state index contributed by atoms with van der Waals surface area (Å²) in [7, 11) is 0. The van der Waals surface area contributed by atoms with Crippen LogP contribution in [0, 0.1) is 5.92 Å². The number of anilines is 2. The molecule has 1 rings (SSSR count). The van der Waals surface area contributed by atoms with Gasteiger partial charge in [-0.1, -0.05) is 40.0 Å². The Bertz CT molecular complexity index is 407. The van der Waals surface area contributed by atoms with E-state index in [1.807, 2.05) is 0 Å². The molecule has 0 aliphatic carbocycles. The third-order valence-corrected chi connectivity index (χ3v) is 3.86. The molecular weight excluding hydrogens is 264 g/mol. The van der Waals surface area contributed by atoms with Gasteiger partial charge in [0.2, 0.25) is 0 Å². The summed E-state index contributed by atoms with van der Waals surface area (Å²) in [5.41, 5.74) is 1.11. The van der Waals surface area contributed by atoms with E-state index >= 15 is 0 Å². The fourth-order valence-electron chi connectivity index (χ4n) is 2.57. The highest BCUT2D eigenvalue weighted by Crippen LogP contribution is 2.22. The van der Waals surface area contributed by atoms with Crippen molar-refractivity contribution in [2.45, 2.75) is 59.5 Å². The minimum Gasteiger partial charge on any atom is -0.391 e. The molecule has 0 radical (unpaired) electrons. The van der Waals surface area contributed by atoms with Crippen molar-refractivity contribution in [1.82, 2.24) is 9.97 Å². The summed E-state index contributed by atoms with van der Waals surface area (Å²) in [6.45, 7) is 9.81. The maximum atomic E-state index is 10.2. The highest BCUT2D eigenvalue weighted by molar-refractivity contribution is 5.57. The van der Waals surface area contributed by atoms with Crippen molar-refractivity contribution in [3.8, 4) is 0 Å². The van der Waals surface area contributed by atoms with Crippen molar-refractivity contribution in [2.24, 2.45) is 5.92 Å². The first kappa shape index (κ1) is 17.7. The van der Waals surface area contributed by atoms with Gasteiger partial charge in [-0.05, 0) is 19.3 Å². The van der Waals surface area contributed by atoms with Crippen molar-refractivity contribution in [1.29, 1.82) is 0 Å². The predicted molar refractivity (Wildman–Crippen MR) is 88.8 cm³/mol. The zero-order valence-corrected chi connectivity index (χ0v) is 13.8. The van der Waals surface area contributed by atoms with Crippen LogP contribution in [0.5, 0.6) is 0 Å². The first-order chi connectivity index (χ1) is 10.2. The molecule has 1 atom stereocenters. The van der Waals surface area contributed by atoms with Crippen molar-refractivity contribution < 1.29 is 5.11 Å². The number of nitrogens with one attached hydrogen (secondary N) is 2. The molecule has 0 bridgehead atoms. The molecule has 0 aromatic carbocycles. The Hall–Kier alpha value is -1.36. The molecule has 0 amide bonds. The minimum absolute atomic E-state index is 0.335. The number of aliphatic hydroxyl groups is 1. The molecule has 3 N–H and O–H groups in total. The Morgan fingerprint density at radius 1 is 1.05 bits per heavy atom. The second kappa shape index (κ2) is 9.55. The van der Waals surface area contributed by atoms with Gasteiger partial charge >= 0.3 is 0 Å². The summed E-state index contributed by atoms with van der Waals surface area (Å²) in [5, 5.41) is 16.8. The van der Waals surface area contributed by atoms with Crippen molar-refractivity contribution in [3.63, 3.8) is 0 Å². The molecule has 1 aromatic rings. The molecule has 120 valence electrons. The highest BCUT2D eigenvalue weighted by Gasteiger charge is 2.17. The molecule has 1 heterocycles. The summed E-state index contributed by atoms with van der Waals surface area (Å²) < 4.78 is 0. The first-order valence-corrected chi connectivity index (χ1v) is 8.17. The molecule has 5 nitrogen and oxygen atoms in total. The van der Waals surface area contributed by atoms with Gasteiger partial charge in [-0.3, -0.25) is 0 Å². The van der Waals surface area contributed by atoms with E-state index in [9.17, 15) is 5.11 Å². The zero-order chi connectivity index (χ0) is 15.7. The normalized spacial score (nSPS) is 12.5. The van der Waals surface area contributed by atoms with Gasteiger partial charge in [0.15, 0.2) is 0 Å². The van der Waals surface area contributed by atoms with E-state index in [1.165, 1.54) is 0 Å². The second-order valence-corrected chi connectivity index (χ2v) is 5.35. The topological polar surface area (TPSA) is 70.1 Å². The van der Waals surface area contributed by atoms with Gasteiger partial charge in [0, 0.05) is 18.7 Å². The van der Waals surface area contributed by atoms with E-state index in [-0.39, 0.29) is 6.10 Å². The van der Waals surface area contributed by atoms with Crippen LogP contribution < -0.4 is 10.6 Å². The lowest BCUT2D eigenvalue weighted by molar-refractivity contribution is 0.114. The number of rotatable bonds is 10. The van der Waals surface area contributed by atoms with Gasteiger partial charge in [-0.25, -0.2) is 9.97 Å². The Labute approximate surface area is 128 Å². The van der Waals surface area contributed by atoms with Gasteiger partial charge in [0.25, 0.3) is 0 Å². The van der Waals surface area contributed by atoms with Crippen LogP contribution in [0.4, 0.5) is 11.6 Å². The molecule has 1 unspecified atom stereocenters. The maximum Gasteiger partial charge on any atom is 0.134 e. The fourth-order valence-corrected chi connectivity index (χ4v) is 2.57. The van der Waals surface area contributed by atoms with Gasteiger partial charge < -0.3 is 15.7 Å². The minimum atomic E-state index is -0.341. The lowest BCUT2D eigenvalue weighted by atomic mass is 9.96. The second-order valence-electron chi connectivity index (χ2n) is 5.35. The summed E-state index contributed by atoms with van der Waals surface area (Å²) in [4.78, 5) is 8.67. The molecule has 5 heteroatoms. The van der Waals surface area contributed by atoms with Crippen molar-refractivity contribution in [3.05, 3.63) is 11.9 Å². The monoisotopic (exact) mass is 294 g/mol. The average molecular weight is 294 g/mol.